The van der Waals surface area contributed by atoms with Crippen molar-refractivity contribution in [1.82, 2.24) is 0 Å². The largest absolute Gasteiger partial charge is 0.493 e. The summed E-state index contributed by atoms with van der Waals surface area (Å²) >= 11 is 3.49. The normalized spacial score (nSPS) is 13.5. The average molecular weight is 601 g/mol. The van der Waals surface area contributed by atoms with Crippen LogP contribution in [0.5, 0.6) is 11.5 Å². The number of imide groups is 2. The molecule has 9 heteroatoms. The van der Waals surface area contributed by atoms with E-state index in [1.54, 1.807) is 84.9 Å². The molecule has 200 valence electrons. The van der Waals surface area contributed by atoms with Gasteiger partial charge in [-0.15, -0.1) is 0 Å². The Balaban J connectivity index is 1.53. The highest BCUT2D eigenvalue weighted by atomic mass is 79.9. The van der Waals surface area contributed by atoms with Crippen LogP contribution in [0.1, 0.15) is 11.1 Å². The second-order valence-corrected chi connectivity index (χ2v) is 9.60. The number of ether oxygens (including phenoxy) is 2. The first-order valence-electron chi connectivity index (χ1n) is 12.2. The zero-order valence-corrected chi connectivity index (χ0v) is 22.8. The summed E-state index contributed by atoms with van der Waals surface area (Å²) in [6, 6.07) is 25.3. The predicted molar refractivity (Wildman–Crippen MR) is 153 cm³/mol. The van der Waals surface area contributed by atoms with Gasteiger partial charge in [-0.25, -0.2) is 19.0 Å². The van der Waals surface area contributed by atoms with Gasteiger partial charge in [-0.3, -0.25) is 9.59 Å². The van der Waals surface area contributed by atoms with E-state index in [0.717, 1.165) is 15.4 Å². The Morgan fingerprint density at radius 3 is 1.88 bits per heavy atom. The van der Waals surface area contributed by atoms with Gasteiger partial charge in [0, 0.05) is 0 Å². The van der Waals surface area contributed by atoms with Gasteiger partial charge in [0.2, 0.25) is 0 Å². The molecule has 1 heterocycles. The van der Waals surface area contributed by atoms with E-state index in [1.165, 1.54) is 25.3 Å². The molecule has 1 aliphatic rings. The zero-order valence-electron chi connectivity index (χ0n) is 21.2. The molecular weight excluding hydrogens is 579 g/mol. The second-order valence-electron chi connectivity index (χ2n) is 8.74. The number of carbonyl (C=O) groups is 3. The fourth-order valence-electron chi connectivity index (χ4n) is 4.21. The Morgan fingerprint density at radius 1 is 0.800 bits per heavy atom. The SMILES string of the molecule is COc1cc(C=C2C(=O)N(c3ccccc3)C(=O)N(c3ccccc3)C2=O)cc(Br)c1OCc1ccc(F)cc1. The van der Waals surface area contributed by atoms with Crippen LogP contribution >= 0.6 is 15.9 Å². The molecule has 4 aromatic rings. The molecule has 0 atom stereocenters. The maximum Gasteiger partial charge on any atom is 0.343 e. The molecule has 1 saturated heterocycles. The zero-order chi connectivity index (χ0) is 28.2. The summed E-state index contributed by atoms with van der Waals surface area (Å²) in [6.07, 6.45) is 1.42. The van der Waals surface area contributed by atoms with Gasteiger partial charge >= 0.3 is 6.03 Å². The highest BCUT2D eigenvalue weighted by molar-refractivity contribution is 9.10. The first kappa shape index (κ1) is 26.8. The lowest BCUT2D eigenvalue weighted by atomic mass is 10.0. The Hall–Kier alpha value is -4.76. The van der Waals surface area contributed by atoms with Crippen molar-refractivity contribution in [3.05, 3.63) is 124 Å². The summed E-state index contributed by atoms with van der Waals surface area (Å²) in [5.41, 5.74) is 1.68. The van der Waals surface area contributed by atoms with E-state index in [-0.39, 0.29) is 18.0 Å². The number of anilines is 2. The summed E-state index contributed by atoms with van der Waals surface area (Å²) in [5.74, 6) is -1.11. The second kappa shape index (κ2) is 11.5. The van der Waals surface area contributed by atoms with Crippen molar-refractivity contribution in [2.45, 2.75) is 6.61 Å². The minimum absolute atomic E-state index is 0.160. The molecule has 0 unspecified atom stereocenters. The first-order valence-corrected chi connectivity index (χ1v) is 13.0. The van der Waals surface area contributed by atoms with E-state index in [4.69, 9.17) is 9.47 Å². The summed E-state index contributed by atoms with van der Waals surface area (Å²) in [5, 5.41) is 0. The molecule has 40 heavy (non-hydrogen) atoms. The van der Waals surface area contributed by atoms with E-state index in [2.05, 4.69) is 15.9 Å². The van der Waals surface area contributed by atoms with Crippen molar-refractivity contribution in [2.24, 2.45) is 0 Å². The minimum atomic E-state index is -0.771. The summed E-state index contributed by atoms with van der Waals surface area (Å²) in [7, 11) is 1.47. The molecule has 0 bridgehead atoms. The van der Waals surface area contributed by atoms with Crippen LogP contribution in [0, 0.1) is 5.82 Å². The van der Waals surface area contributed by atoms with Gasteiger partial charge in [0.25, 0.3) is 11.8 Å². The molecular formula is C31H22BrFN2O5. The van der Waals surface area contributed by atoms with Crippen molar-refractivity contribution in [2.75, 3.05) is 16.9 Å². The van der Waals surface area contributed by atoms with Crippen LogP contribution in [0.2, 0.25) is 0 Å². The third-order valence-electron chi connectivity index (χ3n) is 6.14. The molecule has 5 rings (SSSR count). The molecule has 7 nitrogen and oxygen atoms in total. The standard InChI is InChI=1S/C31H22BrFN2O5/c1-39-27-18-21(17-26(32)28(27)40-19-20-12-14-22(33)15-13-20)16-25-29(36)34(23-8-4-2-5-9-23)31(38)35(30(25)37)24-10-6-3-7-11-24/h2-18H,19H2,1H3. The molecule has 0 spiro atoms. The number of urea groups is 1. The molecule has 0 radical (unpaired) electrons. The summed E-state index contributed by atoms with van der Waals surface area (Å²) in [6.45, 7) is 0.160. The van der Waals surface area contributed by atoms with Gasteiger partial charge < -0.3 is 9.47 Å². The first-order chi connectivity index (χ1) is 19.4. The van der Waals surface area contributed by atoms with Gasteiger partial charge in [-0.1, -0.05) is 48.5 Å². The molecule has 0 N–H and O–H groups in total. The van der Waals surface area contributed by atoms with Crippen LogP contribution in [0.15, 0.2) is 107 Å². The molecule has 0 aliphatic carbocycles. The third-order valence-corrected chi connectivity index (χ3v) is 6.73. The van der Waals surface area contributed by atoms with Crippen molar-refractivity contribution >= 4 is 51.2 Å². The topological polar surface area (TPSA) is 76.2 Å². The van der Waals surface area contributed by atoms with Gasteiger partial charge in [0.05, 0.1) is 23.0 Å². The molecule has 1 aliphatic heterocycles. The molecule has 0 saturated carbocycles. The highest BCUT2D eigenvalue weighted by Crippen LogP contribution is 2.38. The van der Waals surface area contributed by atoms with Gasteiger partial charge in [0.15, 0.2) is 11.5 Å². The lowest BCUT2D eigenvalue weighted by Crippen LogP contribution is -2.57. The summed E-state index contributed by atoms with van der Waals surface area (Å²) in [4.78, 5) is 42.7. The summed E-state index contributed by atoms with van der Waals surface area (Å²) < 4.78 is 25.2. The van der Waals surface area contributed by atoms with Gasteiger partial charge in [0.1, 0.15) is 18.0 Å². The number of carbonyl (C=O) groups excluding carboxylic acids is 3. The third kappa shape index (κ3) is 5.37. The molecule has 4 aromatic carbocycles. The quantitative estimate of drug-likeness (QED) is 0.173. The lowest BCUT2D eigenvalue weighted by molar-refractivity contribution is -0.121. The van der Waals surface area contributed by atoms with Crippen LogP contribution in [-0.4, -0.2) is 25.0 Å². The Bertz CT molecular complexity index is 1550. The highest BCUT2D eigenvalue weighted by Gasteiger charge is 2.43. The smallest absolute Gasteiger partial charge is 0.343 e. The van der Waals surface area contributed by atoms with Gasteiger partial charge in [-0.2, -0.15) is 0 Å². The van der Waals surface area contributed by atoms with Crippen LogP contribution in [0.25, 0.3) is 6.08 Å². The Morgan fingerprint density at radius 2 is 1.35 bits per heavy atom. The average Bonchev–Trinajstić information content (AvgIpc) is 2.96. The number of benzene rings is 4. The number of hydrogen-bond acceptors (Lipinski definition) is 5. The van der Waals surface area contributed by atoms with Crippen LogP contribution in [0.4, 0.5) is 20.6 Å². The predicted octanol–water partition coefficient (Wildman–Crippen LogP) is 6.76. The van der Waals surface area contributed by atoms with Crippen LogP contribution < -0.4 is 19.3 Å². The van der Waals surface area contributed by atoms with Crippen molar-refractivity contribution in [3.8, 4) is 11.5 Å². The number of hydrogen-bond donors (Lipinski definition) is 0. The molecule has 4 amide bonds. The Kier molecular flexibility index (Phi) is 7.75. The van der Waals surface area contributed by atoms with Crippen molar-refractivity contribution in [3.63, 3.8) is 0 Å². The van der Waals surface area contributed by atoms with E-state index in [9.17, 15) is 18.8 Å². The lowest BCUT2D eigenvalue weighted by Gasteiger charge is -2.34. The van der Waals surface area contributed by atoms with E-state index in [0.29, 0.717) is 32.9 Å². The number of para-hydroxylation sites is 2. The number of rotatable bonds is 7. The van der Waals surface area contributed by atoms with Crippen LogP contribution in [0.3, 0.4) is 0 Å². The maximum absolute atomic E-state index is 13.6. The van der Waals surface area contributed by atoms with Crippen LogP contribution in [-0.2, 0) is 16.2 Å². The molecule has 0 aromatic heterocycles. The monoisotopic (exact) mass is 600 g/mol. The number of barbiturate groups is 1. The number of methoxy groups -OCH3 is 1. The van der Waals surface area contributed by atoms with E-state index in [1.807, 2.05) is 0 Å². The number of amides is 4. The number of nitrogens with zero attached hydrogens (tertiary/aromatic N) is 2. The Labute approximate surface area is 238 Å². The molecule has 1 fully saturated rings. The van der Waals surface area contributed by atoms with E-state index >= 15 is 0 Å². The van der Waals surface area contributed by atoms with Gasteiger partial charge in [-0.05, 0) is 81.7 Å². The van der Waals surface area contributed by atoms with Crippen molar-refractivity contribution < 1.29 is 28.2 Å². The fourth-order valence-corrected chi connectivity index (χ4v) is 4.78. The number of halogens is 2. The maximum atomic E-state index is 13.6. The van der Waals surface area contributed by atoms with E-state index < -0.39 is 17.8 Å². The van der Waals surface area contributed by atoms with Crippen molar-refractivity contribution in [1.29, 1.82) is 0 Å². The minimum Gasteiger partial charge on any atom is -0.493 e. The fraction of sp³-hybridized carbons (Fsp3) is 0.0645.